The van der Waals surface area contributed by atoms with Gasteiger partial charge < -0.3 is 9.47 Å². The molecule has 0 saturated heterocycles. The van der Waals surface area contributed by atoms with Crippen molar-refractivity contribution in [3.05, 3.63) is 78.6 Å². The Balaban J connectivity index is 1.55. The fraction of sp³-hybridized carbons (Fsp3) is 0.200. The lowest BCUT2D eigenvalue weighted by atomic mass is 10.2. The molecule has 3 aromatic rings. The van der Waals surface area contributed by atoms with Gasteiger partial charge in [-0.2, -0.15) is 0 Å². The molecule has 2 aromatic carbocycles. The second-order valence-electron chi connectivity index (χ2n) is 5.88. The van der Waals surface area contributed by atoms with Gasteiger partial charge >= 0.3 is 0 Å². The zero-order valence-electron chi connectivity index (χ0n) is 14.2. The first-order chi connectivity index (χ1) is 12.8. The van der Waals surface area contributed by atoms with E-state index in [1.165, 1.54) is 5.56 Å². The molecule has 0 bridgehead atoms. The van der Waals surface area contributed by atoms with Crippen molar-refractivity contribution in [2.75, 3.05) is 6.61 Å². The summed E-state index contributed by atoms with van der Waals surface area (Å²) >= 11 is 1.66. The normalized spacial score (nSPS) is 15.6. The SMILES string of the molecule is C=CCn1c(SCc2ccccc2)nnc1[C@@H]1COc2ccccc2O1. The maximum absolute atomic E-state index is 6.09. The minimum Gasteiger partial charge on any atom is -0.485 e. The minimum absolute atomic E-state index is 0.288. The van der Waals surface area contributed by atoms with Crippen molar-refractivity contribution in [1.29, 1.82) is 0 Å². The van der Waals surface area contributed by atoms with Crippen LogP contribution in [0.1, 0.15) is 17.5 Å². The van der Waals surface area contributed by atoms with Crippen molar-refractivity contribution in [1.82, 2.24) is 14.8 Å². The molecule has 0 saturated carbocycles. The van der Waals surface area contributed by atoms with Crippen molar-refractivity contribution in [3.8, 4) is 11.5 Å². The minimum atomic E-state index is -0.288. The van der Waals surface area contributed by atoms with Crippen molar-refractivity contribution in [3.63, 3.8) is 0 Å². The summed E-state index contributed by atoms with van der Waals surface area (Å²) < 4.78 is 14.0. The molecule has 0 fully saturated rings. The molecule has 0 spiro atoms. The standard InChI is InChI=1S/C20H19N3O2S/c1-2-12-23-19(18-13-24-16-10-6-7-11-17(16)25-18)21-22-20(23)26-14-15-8-4-3-5-9-15/h2-11,18H,1,12-14H2/t18-/m0/s1. The summed E-state index contributed by atoms with van der Waals surface area (Å²) in [5.74, 6) is 3.09. The number of para-hydroxylation sites is 2. The third-order valence-electron chi connectivity index (χ3n) is 4.06. The number of benzene rings is 2. The van der Waals surface area contributed by atoms with Gasteiger partial charge in [-0.15, -0.1) is 16.8 Å². The highest BCUT2D eigenvalue weighted by atomic mass is 32.2. The van der Waals surface area contributed by atoms with Gasteiger partial charge in [-0.3, -0.25) is 4.57 Å². The first-order valence-corrected chi connectivity index (χ1v) is 9.43. The summed E-state index contributed by atoms with van der Waals surface area (Å²) in [6.07, 6.45) is 1.56. The fourth-order valence-corrected chi connectivity index (χ4v) is 3.73. The molecule has 0 amide bonds. The van der Waals surface area contributed by atoms with Crippen LogP contribution < -0.4 is 9.47 Å². The molecule has 0 radical (unpaired) electrons. The molecule has 0 aliphatic carbocycles. The van der Waals surface area contributed by atoms with E-state index in [2.05, 4.69) is 28.9 Å². The second kappa shape index (κ2) is 7.66. The summed E-state index contributed by atoms with van der Waals surface area (Å²) in [6.45, 7) is 4.90. The molecule has 132 valence electrons. The van der Waals surface area contributed by atoms with Crippen molar-refractivity contribution in [2.45, 2.75) is 23.6 Å². The smallest absolute Gasteiger partial charge is 0.192 e. The van der Waals surface area contributed by atoms with E-state index in [-0.39, 0.29) is 6.10 Å². The summed E-state index contributed by atoms with van der Waals surface area (Å²) in [4.78, 5) is 0. The third-order valence-corrected chi connectivity index (χ3v) is 5.10. The van der Waals surface area contributed by atoms with Gasteiger partial charge in [0.05, 0.1) is 0 Å². The molecule has 26 heavy (non-hydrogen) atoms. The van der Waals surface area contributed by atoms with Crippen LogP contribution in [0.25, 0.3) is 0 Å². The lowest BCUT2D eigenvalue weighted by molar-refractivity contribution is 0.0821. The first-order valence-electron chi connectivity index (χ1n) is 8.44. The Hall–Kier alpha value is -2.73. The molecule has 1 aliphatic heterocycles. The highest BCUT2D eigenvalue weighted by Crippen LogP contribution is 2.36. The van der Waals surface area contributed by atoms with Crippen LogP contribution in [-0.4, -0.2) is 21.4 Å². The lowest BCUT2D eigenvalue weighted by Gasteiger charge is -2.26. The van der Waals surface area contributed by atoms with E-state index in [0.29, 0.717) is 13.2 Å². The van der Waals surface area contributed by atoms with Crippen LogP contribution in [0.3, 0.4) is 0 Å². The average Bonchev–Trinajstić information content (AvgIpc) is 3.10. The largest absolute Gasteiger partial charge is 0.485 e. The number of aromatic nitrogens is 3. The molecule has 1 atom stereocenters. The maximum atomic E-state index is 6.09. The van der Waals surface area contributed by atoms with Crippen LogP contribution in [0.15, 0.2) is 72.4 Å². The number of nitrogens with zero attached hydrogens (tertiary/aromatic N) is 3. The monoisotopic (exact) mass is 365 g/mol. The van der Waals surface area contributed by atoms with Gasteiger partial charge in [-0.1, -0.05) is 60.3 Å². The van der Waals surface area contributed by atoms with E-state index in [4.69, 9.17) is 9.47 Å². The highest BCUT2D eigenvalue weighted by molar-refractivity contribution is 7.98. The molecular formula is C20H19N3O2S. The Morgan fingerprint density at radius 3 is 2.65 bits per heavy atom. The molecule has 2 heterocycles. The zero-order chi connectivity index (χ0) is 17.8. The Bertz CT molecular complexity index is 895. The lowest BCUT2D eigenvalue weighted by Crippen LogP contribution is -2.25. The van der Waals surface area contributed by atoms with Crippen LogP contribution in [0, 0.1) is 0 Å². The van der Waals surface area contributed by atoms with Crippen LogP contribution in [0.2, 0.25) is 0 Å². The Labute approximate surface area is 156 Å². The topological polar surface area (TPSA) is 49.2 Å². The number of allylic oxidation sites excluding steroid dienone is 1. The van der Waals surface area contributed by atoms with Crippen LogP contribution in [0.5, 0.6) is 11.5 Å². The van der Waals surface area contributed by atoms with Gasteiger partial charge in [0.25, 0.3) is 0 Å². The second-order valence-corrected chi connectivity index (χ2v) is 6.82. The number of thioether (sulfide) groups is 1. The van der Waals surface area contributed by atoms with E-state index in [1.807, 2.05) is 53.1 Å². The van der Waals surface area contributed by atoms with Crippen molar-refractivity contribution in [2.24, 2.45) is 0 Å². The summed E-state index contributed by atoms with van der Waals surface area (Å²) in [7, 11) is 0. The average molecular weight is 365 g/mol. The summed E-state index contributed by atoms with van der Waals surface area (Å²) in [5, 5.41) is 9.61. The van der Waals surface area contributed by atoms with Crippen molar-refractivity contribution >= 4 is 11.8 Å². The first kappa shape index (κ1) is 16.7. The fourth-order valence-electron chi connectivity index (χ4n) is 2.81. The quantitative estimate of drug-likeness (QED) is 0.482. The molecule has 1 aliphatic rings. The molecule has 6 heteroatoms. The molecule has 0 unspecified atom stereocenters. The maximum Gasteiger partial charge on any atom is 0.192 e. The van der Waals surface area contributed by atoms with E-state index >= 15 is 0 Å². The number of hydrogen-bond donors (Lipinski definition) is 0. The van der Waals surface area contributed by atoms with Crippen LogP contribution in [0.4, 0.5) is 0 Å². The van der Waals surface area contributed by atoms with Gasteiger partial charge in [0.15, 0.2) is 28.6 Å². The number of ether oxygens (including phenoxy) is 2. The predicted octanol–water partition coefficient (Wildman–Crippen LogP) is 4.27. The predicted molar refractivity (Wildman–Crippen MR) is 102 cm³/mol. The number of hydrogen-bond acceptors (Lipinski definition) is 5. The molecular weight excluding hydrogens is 346 g/mol. The highest BCUT2D eigenvalue weighted by Gasteiger charge is 2.28. The summed E-state index contributed by atoms with van der Waals surface area (Å²) in [6, 6.07) is 18.0. The van der Waals surface area contributed by atoms with Gasteiger partial charge in [0.1, 0.15) is 6.61 Å². The Kier molecular flexibility index (Phi) is 4.93. The number of fused-ring (bicyclic) bond motifs is 1. The van der Waals surface area contributed by atoms with E-state index < -0.39 is 0 Å². The molecule has 5 nitrogen and oxygen atoms in total. The van der Waals surface area contributed by atoms with E-state index in [9.17, 15) is 0 Å². The molecule has 1 aromatic heterocycles. The zero-order valence-corrected chi connectivity index (χ0v) is 15.1. The Morgan fingerprint density at radius 2 is 1.85 bits per heavy atom. The summed E-state index contributed by atoms with van der Waals surface area (Å²) in [5.41, 5.74) is 1.25. The van der Waals surface area contributed by atoms with Crippen LogP contribution in [-0.2, 0) is 12.3 Å². The van der Waals surface area contributed by atoms with E-state index in [1.54, 1.807) is 11.8 Å². The van der Waals surface area contributed by atoms with Crippen molar-refractivity contribution < 1.29 is 9.47 Å². The Morgan fingerprint density at radius 1 is 1.08 bits per heavy atom. The number of rotatable bonds is 6. The van der Waals surface area contributed by atoms with E-state index in [0.717, 1.165) is 28.2 Å². The van der Waals surface area contributed by atoms with Crippen LogP contribution >= 0.6 is 11.8 Å². The van der Waals surface area contributed by atoms with Gasteiger partial charge in [0.2, 0.25) is 0 Å². The van der Waals surface area contributed by atoms with Gasteiger partial charge in [0, 0.05) is 12.3 Å². The molecule has 0 N–H and O–H groups in total. The van der Waals surface area contributed by atoms with Gasteiger partial charge in [-0.25, -0.2) is 0 Å². The third kappa shape index (κ3) is 3.46. The molecule has 4 rings (SSSR count). The van der Waals surface area contributed by atoms with Gasteiger partial charge in [-0.05, 0) is 17.7 Å².